The summed E-state index contributed by atoms with van der Waals surface area (Å²) in [6.45, 7) is 1.95. The van der Waals surface area contributed by atoms with Crippen molar-refractivity contribution < 1.29 is 27.1 Å². The van der Waals surface area contributed by atoms with E-state index in [2.05, 4.69) is 20.3 Å². The number of alkyl halides is 3. The monoisotopic (exact) mass is 444 g/mol. The van der Waals surface area contributed by atoms with Gasteiger partial charge in [0.05, 0.1) is 0 Å². The van der Waals surface area contributed by atoms with Crippen LogP contribution in [-0.4, -0.2) is 27.0 Å². The molecule has 0 atom stereocenters. The third-order valence-corrected chi connectivity index (χ3v) is 4.63. The molecule has 7 nitrogen and oxygen atoms in total. The molecule has 0 fully saturated rings. The number of carbonyl (C=O) groups is 1. The second-order valence-corrected chi connectivity index (χ2v) is 7.05. The Morgan fingerprint density at radius 1 is 1.12 bits per heavy atom. The summed E-state index contributed by atoms with van der Waals surface area (Å²) in [7, 11) is 0. The van der Waals surface area contributed by atoms with Gasteiger partial charge in [0.1, 0.15) is 18.0 Å². The molecule has 0 unspecified atom stereocenters. The van der Waals surface area contributed by atoms with Gasteiger partial charge in [0, 0.05) is 23.0 Å². The first-order valence-electron chi connectivity index (χ1n) is 9.89. The van der Waals surface area contributed by atoms with Crippen molar-refractivity contribution in [2.75, 3.05) is 5.32 Å². The van der Waals surface area contributed by atoms with Gasteiger partial charge in [-0.2, -0.15) is 0 Å². The highest BCUT2D eigenvalue weighted by Crippen LogP contribution is 2.28. The van der Waals surface area contributed by atoms with Crippen LogP contribution in [0.3, 0.4) is 0 Å². The van der Waals surface area contributed by atoms with E-state index in [9.17, 15) is 18.0 Å². The number of anilines is 1. The van der Waals surface area contributed by atoms with Gasteiger partial charge in [-0.1, -0.05) is 25.1 Å². The van der Waals surface area contributed by atoms with Gasteiger partial charge in [-0.3, -0.25) is 4.79 Å². The summed E-state index contributed by atoms with van der Waals surface area (Å²) in [6.07, 6.45) is -3.26. The Labute approximate surface area is 180 Å². The molecule has 2 heterocycles. The van der Waals surface area contributed by atoms with Crippen LogP contribution in [0.2, 0.25) is 0 Å². The summed E-state index contributed by atoms with van der Waals surface area (Å²) in [5, 5.41) is 11.7. The first-order valence-corrected chi connectivity index (χ1v) is 9.89. The molecular formula is C22H19F3N4O3. The van der Waals surface area contributed by atoms with Crippen molar-refractivity contribution in [3.63, 3.8) is 0 Å². The number of nitrogens with zero attached hydrogens (tertiary/aromatic N) is 3. The molecule has 4 rings (SSSR count). The standard InChI is InChI=1S/C22H19F3N4O3/c1-2-5-20-27-28-21(31-20)18-12-14-6-3-4-7-17(14)29(18)13-19(30)26-15-8-10-16(11-9-15)32-22(23,24)25/h3-4,6-12H,2,5,13H2,1H3,(H,26,30). The number of aromatic nitrogens is 3. The van der Waals surface area contributed by atoms with Gasteiger partial charge < -0.3 is 19.0 Å². The minimum absolute atomic E-state index is 0.0604. The van der Waals surface area contributed by atoms with E-state index in [0.29, 0.717) is 29.6 Å². The maximum Gasteiger partial charge on any atom is 0.573 e. The first kappa shape index (κ1) is 21.4. The normalized spacial score (nSPS) is 11.6. The summed E-state index contributed by atoms with van der Waals surface area (Å²) in [4.78, 5) is 12.7. The summed E-state index contributed by atoms with van der Waals surface area (Å²) in [5.74, 6) is 0.0925. The van der Waals surface area contributed by atoms with Crippen molar-refractivity contribution in [3.8, 4) is 17.3 Å². The number of benzene rings is 2. The van der Waals surface area contributed by atoms with E-state index in [4.69, 9.17) is 4.42 Å². The molecule has 0 bridgehead atoms. The second kappa shape index (κ2) is 8.74. The molecule has 0 saturated carbocycles. The predicted octanol–water partition coefficient (Wildman–Crippen LogP) is 5.18. The molecule has 10 heteroatoms. The second-order valence-electron chi connectivity index (χ2n) is 7.05. The van der Waals surface area contributed by atoms with E-state index in [1.807, 2.05) is 37.3 Å². The molecule has 0 saturated heterocycles. The topological polar surface area (TPSA) is 82.2 Å². The van der Waals surface area contributed by atoms with Gasteiger partial charge in [0.15, 0.2) is 0 Å². The SMILES string of the molecule is CCCc1nnc(-c2cc3ccccc3n2CC(=O)Nc2ccc(OC(F)(F)F)cc2)o1. The number of fused-ring (bicyclic) bond motifs is 1. The number of hydrogen-bond acceptors (Lipinski definition) is 5. The zero-order valence-corrected chi connectivity index (χ0v) is 17.0. The largest absolute Gasteiger partial charge is 0.573 e. The Balaban J connectivity index is 1.56. The number of rotatable bonds is 7. The van der Waals surface area contributed by atoms with Gasteiger partial charge in [-0.25, -0.2) is 0 Å². The number of halogens is 3. The van der Waals surface area contributed by atoms with Crippen LogP contribution in [0.15, 0.2) is 59.0 Å². The van der Waals surface area contributed by atoms with E-state index in [1.165, 1.54) is 12.1 Å². The fourth-order valence-corrected chi connectivity index (χ4v) is 3.31. The Hall–Kier alpha value is -3.82. The molecule has 1 N–H and O–H groups in total. The minimum Gasteiger partial charge on any atom is -0.419 e. The van der Waals surface area contributed by atoms with Crippen LogP contribution in [0.4, 0.5) is 18.9 Å². The fraction of sp³-hybridized carbons (Fsp3) is 0.227. The molecule has 0 aliphatic carbocycles. The Kier molecular flexibility index (Phi) is 5.85. The van der Waals surface area contributed by atoms with E-state index in [0.717, 1.165) is 29.5 Å². The van der Waals surface area contributed by atoms with E-state index < -0.39 is 6.36 Å². The summed E-state index contributed by atoms with van der Waals surface area (Å²) >= 11 is 0. The number of para-hydroxylation sites is 1. The van der Waals surface area contributed by atoms with Gasteiger partial charge >= 0.3 is 6.36 Å². The lowest BCUT2D eigenvalue weighted by atomic mass is 10.2. The number of hydrogen-bond donors (Lipinski definition) is 1. The molecule has 2 aromatic heterocycles. The van der Waals surface area contributed by atoms with Crippen molar-refractivity contribution >= 4 is 22.5 Å². The molecule has 32 heavy (non-hydrogen) atoms. The van der Waals surface area contributed by atoms with E-state index in [-0.39, 0.29) is 18.2 Å². The molecule has 4 aromatic rings. The van der Waals surface area contributed by atoms with Crippen LogP contribution in [0.1, 0.15) is 19.2 Å². The number of carbonyl (C=O) groups excluding carboxylic acids is 1. The number of aryl methyl sites for hydroxylation is 1. The molecule has 166 valence electrons. The molecule has 1 amide bonds. The van der Waals surface area contributed by atoms with Gasteiger partial charge in [-0.15, -0.1) is 23.4 Å². The third-order valence-electron chi connectivity index (χ3n) is 4.63. The highest BCUT2D eigenvalue weighted by Gasteiger charge is 2.31. The summed E-state index contributed by atoms with van der Waals surface area (Å²) < 4.78 is 48.3. The van der Waals surface area contributed by atoms with Crippen LogP contribution < -0.4 is 10.1 Å². The van der Waals surface area contributed by atoms with Crippen LogP contribution >= 0.6 is 0 Å². The Bertz CT molecular complexity index is 1230. The molecule has 0 aliphatic heterocycles. The maximum atomic E-state index is 12.7. The van der Waals surface area contributed by atoms with Crippen LogP contribution in [0, 0.1) is 0 Å². The molecule has 0 radical (unpaired) electrons. The quantitative estimate of drug-likeness (QED) is 0.425. The lowest BCUT2D eigenvalue weighted by Gasteiger charge is -2.11. The molecule has 2 aromatic carbocycles. The summed E-state index contributed by atoms with van der Waals surface area (Å²) in [5.41, 5.74) is 1.75. The van der Waals surface area contributed by atoms with Crippen LogP contribution in [0.5, 0.6) is 5.75 Å². The van der Waals surface area contributed by atoms with E-state index in [1.54, 1.807) is 4.57 Å². The van der Waals surface area contributed by atoms with Crippen molar-refractivity contribution in [1.82, 2.24) is 14.8 Å². The lowest BCUT2D eigenvalue weighted by molar-refractivity contribution is -0.274. The maximum absolute atomic E-state index is 12.7. The molecular weight excluding hydrogens is 425 g/mol. The fourth-order valence-electron chi connectivity index (χ4n) is 3.31. The van der Waals surface area contributed by atoms with Crippen molar-refractivity contribution in [2.45, 2.75) is 32.7 Å². The minimum atomic E-state index is -4.78. The van der Waals surface area contributed by atoms with Gasteiger partial charge in [0.2, 0.25) is 11.8 Å². The zero-order chi connectivity index (χ0) is 22.7. The Morgan fingerprint density at radius 3 is 2.59 bits per heavy atom. The molecule has 0 spiro atoms. The highest BCUT2D eigenvalue weighted by molar-refractivity contribution is 5.93. The average Bonchev–Trinajstić information content (AvgIpc) is 3.34. The van der Waals surface area contributed by atoms with Gasteiger partial charge in [0.25, 0.3) is 5.89 Å². The van der Waals surface area contributed by atoms with E-state index >= 15 is 0 Å². The highest BCUT2D eigenvalue weighted by atomic mass is 19.4. The van der Waals surface area contributed by atoms with Crippen LogP contribution in [-0.2, 0) is 17.8 Å². The van der Waals surface area contributed by atoms with Gasteiger partial charge in [-0.05, 0) is 42.8 Å². The number of nitrogens with one attached hydrogen (secondary N) is 1. The number of ether oxygens (including phenoxy) is 1. The Morgan fingerprint density at radius 2 is 1.88 bits per heavy atom. The number of amides is 1. The third kappa shape index (κ3) is 4.90. The average molecular weight is 444 g/mol. The smallest absolute Gasteiger partial charge is 0.419 e. The van der Waals surface area contributed by atoms with Crippen molar-refractivity contribution in [2.24, 2.45) is 0 Å². The van der Waals surface area contributed by atoms with Crippen molar-refractivity contribution in [1.29, 1.82) is 0 Å². The lowest BCUT2D eigenvalue weighted by Crippen LogP contribution is -2.19. The summed E-state index contributed by atoms with van der Waals surface area (Å²) in [6, 6.07) is 14.3. The zero-order valence-electron chi connectivity index (χ0n) is 17.0. The predicted molar refractivity (Wildman–Crippen MR) is 111 cm³/mol. The first-order chi connectivity index (χ1) is 15.3. The van der Waals surface area contributed by atoms with Crippen molar-refractivity contribution in [3.05, 3.63) is 60.5 Å². The van der Waals surface area contributed by atoms with Crippen LogP contribution in [0.25, 0.3) is 22.5 Å². The molecule has 0 aliphatic rings.